The van der Waals surface area contributed by atoms with Gasteiger partial charge in [0.25, 0.3) is 0 Å². The van der Waals surface area contributed by atoms with Gasteiger partial charge in [0, 0.05) is 18.2 Å². The molecule has 1 atom stereocenters. The van der Waals surface area contributed by atoms with E-state index in [0.717, 1.165) is 11.3 Å². The highest BCUT2D eigenvalue weighted by atomic mass is 19.1. The number of halogens is 1. The Labute approximate surface area is 125 Å². The number of hydrogen-bond acceptors (Lipinski definition) is 2. The zero-order valence-electron chi connectivity index (χ0n) is 12.2. The Morgan fingerprint density at radius 2 is 1.90 bits per heavy atom. The fourth-order valence-corrected chi connectivity index (χ4v) is 2.07. The fraction of sp³-hybridized carbons (Fsp3) is 0.222. The van der Waals surface area contributed by atoms with E-state index in [4.69, 9.17) is 4.74 Å². The first-order chi connectivity index (χ1) is 10.2. The Morgan fingerprint density at radius 3 is 2.57 bits per heavy atom. The third-order valence-electron chi connectivity index (χ3n) is 3.28. The summed E-state index contributed by atoms with van der Waals surface area (Å²) in [5.74, 6) is 0.645. The molecule has 110 valence electrons. The summed E-state index contributed by atoms with van der Waals surface area (Å²) >= 11 is 0. The van der Waals surface area contributed by atoms with Crippen LogP contribution in [0.15, 0.2) is 61.2 Å². The minimum absolute atomic E-state index is 0.0390. The molecule has 0 aliphatic carbocycles. The van der Waals surface area contributed by atoms with Crippen molar-refractivity contribution in [1.29, 1.82) is 0 Å². The summed E-state index contributed by atoms with van der Waals surface area (Å²) < 4.78 is 19.1. The summed E-state index contributed by atoms with van der Waals surface area (Å²) in [6.07, 6.45) is 1.71. The number of ether oxygens (including phenoxy) is 1. The lowest BCUT2D eigenvalue weighted by atomic mass is 10.1. The molecule has 0 aliphatic rings. The van der Waals surface area contributed by atoms with Crippen LogP contribution in [0, 0.1) is 5.82 Å². The minimum atomic E-state index is -0.175. The fourth-order valence-electron chi connectivity index (χ4n) is 2.07. The highest BCUT2D eigenvalue weighted by Crippen LogP contribution is 2.17. The van der Waals surface area contributed by atoms with Crippen LogP contribution < -0.4 is 10.1 Å². The first kappa shape index (κ1) is 15.3. The van der Waals surface area contributed by atoms with Crippen LogP contribution in [0.3, 0.4) is 0 Å². The monoisotopic (exact) mass is 285 g/mol. The van der Waals surface area contributed by atoms with Gasteiger partial charge in [-0.15, -0.1) is 0 Å². The smallest absolute Gasteiger partial charge is 0.127 e. The molecular formula is C18H20FNO. The molecule has 1 N–H and O–H groups in total. The van der Waals surface area contributed by atoms with Crippen LogP contribution in [0.4, 0.5) is 4.39 Å². The van der Waals surface area contributed by atoms with E-state index in [1.165, 1.54) is 6.07 Å². The van der Waals surface area contributed by atoms with Crippen molar-refractivity contribution in [2.24, 2.45) is 0 Å². The van der Waals surface area contributed by atoms with E-state index < -0.39 is 0 Å². The number of rotatable bonds is 7. The maximum absolute atomic E-state index is 13.7. The van der Waals surface area contributed by atoms with Crippen LogP contribution in [0.25, 0.3) is 0 Å². The highest BCUT2D eigenvalue weighted by Gasteiger charge is 2.09. The molecule has 0 spiro atoms. The van der Waals surface area contributed by atoms with E-state index in [2.05, 4.69) is 11.9 Å². The van der Waals surface area contributed by atoms with Gasteiger partial charge in [-0.2, -0.15) is 0 Å². The second-order valence-corrected chi connectivity index (χ2v) is 4.87. The van der Waals surface area contributed by atoms with Gasteiger partial charge in [-0.1, -0.05) is 43.0 Å². The minimum Gasteiger partial charge on any atom is -0.490 e. The standard InChI is InChI=1S/C18H20FNO/c1-3-12-21-16-10-8-15(9-11-16)13-20-14(2)17-6-4-5-7-18(17)19/h3-11,14,20H,1,12-13H2,2H3/t14-/m1/s1. The van der Waals surface area contributed by atoms with Crippen molar-refractivity contribution in [2.45, 2.75) is 19.5 Å². The highest BCUT2D eigenvalue weighted by molar-refractivity contribution is 5.28. The van der Waals surface area contributed by atoms with Crippen molar-refractivity contribution in [3.8, 4) is 5.75 Å². The Balaban J connectivity index is 1.90. The lowest BCUT2D eigenvalue weighted by Gasteiger charge is -2.15. The van der Waals surface area contributed by atoms with Crippen LogP contribution in [-0.4, -0.2) is 6.61 Å². The van der Waals surface area contributed by atoms with Crippen molar-refractivity contribution < 1.29 is 9.13 Å². The van der Waals surface area contributed by atoms with Gasteiger partial charge in [0.1, 0.15) is 18.2 Å². The maximum atomic E-state index is 13.7. The number of hydrogen-bond donors (Lipinski definition) is 1. The van der Waals surface area contributed by atoms with E-state index in [1.807, 2.05) is 37.3 Å². The molecule has 3 heteroatoms. The van der Waals surface area contributed by atoms with Crippen LogP contribution in [-0.2, 0) is 6.54 Å². The molecule has 2 nitrogen and oxygen atoms in total. The van der Waals surface area contributed by atoms with Gasteiger partial charge in [0.15, 0.2) is 0 Å². The third kappa shape index (κ3) is 4.43. The Morgan fingerprint density at radius 1 is 1.19 bits per heavy atom. The van der Waals surface area contributed by atoms with E-state index >= 15 is 0 Å². The normalized spacial score (nSPS) is 11.9. The molecule has 0 saturated carbocycles. The van der Waals surface area contributed by atoms with E-state index in [-0.39, 0.29) is 11.9 Å². The van der Waals surface area contributed by atoms with Crippen molar-refractivity contribution in [1.82, 2.24) is 5.32 Å². The predicted octanol–water partition coefficient (Wildman–Crippen LogP) is 4.24. The van der Waals surface area contributed by atoms with E-state index in [9.17, 15) is 4.39 Å². The molecule has 0 unspecified atom stereocenters. The lowest BCUT2D eigenvalue weighted by molar-refractivity contribution is 0.363. The second-order valence-electron chi connectivity index (χ2n) is 4.87. The largest absolute Gasteiger partial charge is 0.490 e. The number of nitrogens with one attached hydrogen (secondary N) is 1. The molecule has 0 bridgehead atoms. The zero-order chi connectivity index (χ0) is 15.1. The van der Waals surface area contributed by atoms with Crippen LogP contribution in [0.1, 0.15) is 24.1 Å². The van der Waals surface area contributed by atoms with Crippen LogP contribution in [0.5, 0.6) is 5.75 Å². The van der Waals surface area contributed by atoms with E-state index in [1.54, 1.807) is 18.2 Å². The quantitative estimate of drug-likeness (QED) is 0.768. The Kier molecular flexibility index (Phi) is 5.52. The van der Waals surface area contributed by atoms with Crippen LogP contribution >= 0.6 is 0 Å². The summed E-state index contributed by atoms with van der Waals surface area (Å²) in [6, 6.07) is 14.7. The van der Waals surface area contributed by atoms with Crippen molar-refractivity contribution >= 4 is 0 Å². The van der Waals surface area contributed by atoms with Crippen molar-refractivity contribution in [3.63, 3.8) is 0 Å². The summed E-state index contributed by atoms with van der Waals surface area (Å²) in [7, 11) is 0. The molecule has 0 amide bonds. The maximum Gasteiger partial charge on any atom is 0.127 e. The molecule has 0 saturated heterocycles. The predicted molar refractivity (Wildman–Crippen MR) is 83.8 cm³/mol. The summed E-state index contributed by atoms with van der Waals surface area (Å²) in [6.45, 7) is 6.75. The van der Waals surface area contributed by atoms with Gasteiger partial charge in [-0.3, -0.25) is 0 Å². The molecular weight excluding hydrogens is 265 g/mol. The zero-order valence-corrected chi connectivity index (χ0v) is 12.2. The van der Waals surface area contributed by atoms with Crippen LogP contribution in [0.2, 0.25) is 0 Å². The molecule has 2 aromatic rings. The third-order valence-corrected chi connectivity index (χ3v) is 3.28. The first-order valence-corrected chi connectivity index (χ1v) is 7.01. The summed E-state index contributed by atoms with van der Waals surface area (Å²) in [5, 5.41) is 3.32. The molecule has 0 fully saturated rings. The van der Waals surface area contributed by atoms with Gasteiger partial charge in [0.2, 0.25) is 0 Å². The molecule has 21 heavy (non-hydrogen) atoms. The first-order valence-electron chi connectivity index (χ1n) is 7.01. The van der Waals surface area contributed by atoms with Crippen molar-refractivity contribution in [2.75, 3.05) is 6.61 Å². The van der Waals surface area contributed by atoms with Gasteiger partial charge < -0.3 is 10.1 Å². The van der Waals surface area contributed by atoms with Crippen molar-refractivity contribution in [3.05, 3.63) is 78.1 Å². The van der Waals surface area contributed by atoms with Gasteiger partial charge in [-0.05, 0) is 30.7 Å². The van der Waals surface area contributed by atoms with Gasteiger partial charge in [0.05, 0.1) is 0 Å². The Hall–Kier alpha value is -2.13. The topological polar surface area (TPSA) is 21.3 Å². The molecule has 2 rings (SSSR count). The molecule has 0 radical (unpaired) electrons. The molecule has 2 aromatic carbocycles. The number of benzene rings is 2. The molecule has 0 heterocycles. The summed E-state index contributed by atoms with van der Waals surface area (Å²) in [5.41, 5.74) is 1.81. The van der Waals surface area contributed by atoms with Gasteiger partial charge >= 0.3 is 0 Å². The average molecular weight is 285 g/mol. The SMILES string of the molecule is C=CCOc1ccc(CN[C@H](C)c2ccccc2F)cc1. The second kappa shape index (κ2) is 7.60. The molecule has 0 aliphatic heterocycles. The average Bonchev–Trinajstić information content (AvgIpc) is 2.52. The van der Waals surface area contributed by atoms with E-state index in [0.29, 0.717) is 18.7 Å². The van der Waals surface area contributed by atoms with Gasteiger partial charge in [-0.25, -0.2) is 4.39 Å². The Bertz CT molecular complexity index is 580. The summed E-state index contributed by atoms with van der Waals surface area (Å²) in [4.78, 5) is 0. The molecule has 0 aromatic heterocycles. The lowest BCUT2D eigenvalue weighted by Crippen LogP contribution is -2.19.